The predicted molar refractivity (Wildman–Crippen MR) is 65.5 cm³/mol. The van der Waals surface area contributed by atoms with Gasteiger partial charge in [0.1, 0.15) is 11.9 Å². The number of ether oxygens (including phenoxy) is 2. The van der Waals surface area contributed by atoms with Crippen molar-refractivity contribution in [3.05, 3.63) is 29.8 Å². The van der Waals surface area contributed by atoms with Crippen molar-refractivity contribution >= 4 is 5.78 Å². The monoisotopic (exact) mass is 234 g/mol. The standard InChI is InChI=1S/C14H18O3/c1-2-13(15)12-5-3-4-6-14(12)17-11-7-9-16-10-8-11/h3-6,11H,2,7-10H2,1H3. The first-order chi connectivity index (χ1) is 8.31. The molecule has 92 valence electrons. The number of carbonyl (C=O) groups is 1. The number of Topliss-reactive ketones (excluding diaryl/α,β-unsaturated/α-hetero) is 1. The van der Waals surface area contributed by atoms with E-state index in [2.05, 4.69) is 0 Å². The lowest BCUT2D eigenvalue weighted by atomic mass is 10.1. The molecule has 2 rings (SSSR count). The Bertz CT molecular complexity index is 381. The Balaban J connectivity index is 2.11. The molecule has 0 aromatic heterocycles. The van der Waals surface area contributed by atoms with Gasteiger partial charge in [0, 0.05) is 19.3 Å². The summed E-state index contributed by atoms with van der Waals surface area (Å²) in [5, 5.41) is 0. The average Bonchev–Trinajstić information content (AvgIpc) is 2.40. The summed E-state index contributed by atoms with van der Waals surface area (Å²) in [4.78, 5) is 11.8. The average molecular weight is 234 g/mol. The van der Waals surface area contributed by atoms with Gasteiger partial charge in [0.05, 0.1) is 18.8 Å². The van der Waals surface area contributed by atoms with E-state index in [1.165, 1.54) is 0 Å². The number of carbonyl (C=O) groups excluding carboxylic acids is 1. The number of hydrogen-bond acceptors (Lipinski definition) is 3. The molecule has 0 radical (unpaired) electrons. The molecule has 1 fully saturated rings. The van der Waals surface area contributed by atoms with Crippen molar-refractivity contribution in [2.75, 3.05) is 13.2 Å². The Kier molecular flexibility index (Phi) is 4.15. The largest absolute Gasteiger partial charge is 0.489 e. The molecule has 0 atom stereocenters. The van der Waals surface area contributed by atoms with Crippen molar-refractivity contribution in [2.24, 2.45) is 0 Å². The van der Waals surface area contributed by atoms with Crippen LogP contribution in [0.15, 0.2) is 24.3 Å². The van der Waals surface area contributed by atoms with Crippen LogP contribution in [-0.2, 0) is 4.74 Å². The summed E-state index contributed by atoms with van der Waals surface area (Å²) >= 11 is 0. The summed E-state index contributed by atoms with van der Waals surface area (Å²) in [5.74, 6) is 0.846. The lowest BCUT2D eigenvalue weighted by molar-refractivity contribution is 0.0252. The van der Waals surface area contributed by atoms with Crippen LogP contribution in [0, 0.1) is 0 Å². The van der Waals surface area contributed by atoms with Gasteiger partial charge in [-0.1, -0.05) is 19.1 Å². The minimum Gasteiger partial charge on any atom is -0.489 e. The van der Waals surface area contributed by atoms with E-state index < -0.39 is 0 Å². The van der Waals surface area contributed by atoms with Crippen LogP contribution >= 0.6 is 0 Å². The Morgan fingerprint density at radius 3 is 2.76 bits per heavy atom. The number of para-hydroxylation sites is 1. The van der Waals surface area contributed by atoms with Gasteiger partial charge in [-0.25, -0.2) is 0 Å². The number of benzene rings is 1. The molecule has 1 aliphatic heterocycles. The Morgan fingerprint density at radius 1 is 1.35 bits per heavy atom. The van der Waals surface area contributed by atoms with E-state index in [0.717, 1.165) is 26.1 Å². The third kappa shape index (κ3) is 3.07. The number of hydrogen-bond donors (Lipinski definition) is 0. The molecule has 0 amide bonds. The maximum atomic E-state index is 11.8. The van der Waals surface area contributed by atoms with Crippen LogP contribution in [0.2, 0.25) is 0 Å². The highest BCUT2D eigenvalue weighted by Gasteiger charge is 2.18. The highest BCUT2D eigenvalue weighted by atomic mass is 16.5. The van der Waals surface area contributed by atoms with Crippen molar-refractivity contribution in [2.45, 2.75) is 32.3 Å². The molecule has 3 heteroatoms. The van der Waals surface area contributed by atoms with Gasteiger partial charge in [0.25, 0.3) is 0 Å². The molecular weight excluding hydrogens is 216 g/mol. The van der Waals surface area contributed by atoms with Crippen LogP contribution in [0.1, 0.15) is 36.5 Å². The van der Waals surface area contributed by atoms with Gasteiger partial charge in [-0.15, -0.1) is 0 Å². The van der Waals surface area contributed by atoms with Crippen molar-refractivity contribution < 1.29 is 14.3 Å². The van der Waals surface area contributed by atoms with E-state index in [-0.39, 0.29) is 11.9 Å². The summed E-state index contributed by atoms with van der Waals surface area (Å²) in [6, 6.07) is 7.49. The molecule has 0 spiro atoms. The van der Waals surface area contributed by atoms with E-state index in [0.29, 0.717) is 17.7 Å². The van der Waals surface area contributed by atoms with Crippen LogP contribution in [0.4, 0.5) is 0 Å². The van der Waals surface area contributed by atoms with E-state index >= 15 is 0 Å². The van der Waals surface area contributed by atoms with E-state index in [1.807, 2.05) is 31.2 Å². The maximum Gasteiger partial charge on any atom is 0.166 e. The van der Waals surface area contributed by atoms with Crippen molar-refractivity contribution in [1.82, 2.24) is 0 Å². The smallest absolute Gasteiger partial charge is 0.166 e. The molecule has 0 N–H and O–H groups in total. The first-order valence-corrected chi connectivity index (χ1v) is 6.18. The first kappa shape index (κ1) is 12.1. The van der Waals surface area contributed by atoms with Gasteiger partial charge < -0.3 is 9.47 Å². The molecule has 0 aliphatic carbocycles. The third-order valence-electron chi connectivity index (χ3n) is 2.97. The Hall–Kier alpha value is -1.35. The summed E-state index contributed by atoms with van der Waals surface area (Å²) in [6.07, 6.45) is 2.48. The summed E-state index contributed by atoms with van der Waals surface area (Å²) < 4.78 is 11.2. The van der Waals surface area contributed by atoms with Crippen LogP contribution in [0.25, 0.3) is 0 Å². The highest BCUT2D eigenvalue weighted by Crippen LogP contribution is 2.23. The topological polar surface area (TPSA) is 35.5 Å². The zero-order valence-electron chi connectivity index (χ0n) is 10.1. The van der Waals surface area contributed by atoms with Crippen molar-refractivity contribution in [3.63, 3.8) is 0 Å². The van der Waals surface area contributed by atoms with Crippen LogP contribution < -0.4 is 4.74 Å². The molecule has 17 heavy (non-hydrogen) atoms. The van der Waals surface area contributed by atoms with Gasteiger partial charge in [0.15, 0.2) is 5.78 Å². The minimum atomic E-state index is 0.132. The summed E-state index contributed by atoms with van der Waals surface area (Å²) in [5.41, 5.74) is 0.696. The van der Waals surface area contributed by atoms with Gasteiger partial charge in [-0.3, -0.25) is 4.79 Å². The quantitative estimate of drug-likeness (QED) is 0.751. The molecular formula is C14H18O3. The van der Waals surface area contributed by atoms with Crippen LogP contribution in [0.3, 0.4) is 0 Å². The van der Waals surface area contributed by atoms with Gasteiger partial charge in [-0.05, 0) is 12.1 Å². The molecule has 1 saturated heterocycles. The Labute approximate surface area is 102 Å². The molecule has 1 aliphatic rings. The molecule has 3 nitrogen and oxygen atoms in total. The predicted octanol–water partition coefficient (Wildman–Crippen LogP) is 2.84. The fourth-order valence-electron chi connectivity index (χ4n) is 1.96. The number of ketones is 1. The van der Waals surface area contributed by atoms with E-state index in [9.17, 15) is 4.79 Å². The van der Waals surface area contributed by atoms with E-state index in [1.54, 1.807) is 0 Å². The molecule has 1 heterocycles. The number of rotatable bonds is 4. The molecule has 1 aromatic carbocycles. The van der Waals surface area contributed by atoms with Crippen LogP contribution in [-0.4, -0.2) is 25.1 Å². The third-order valence-corrected chi connectivity index (χ3v) is 2.97. The molecule has 1 aromatic rings. The van der Waals surface area contributed by atoms with Crippen molar-refractivity contribution in [3.8, 4) is 5.75 Å². The molecule has 0 bridgehead atoms. The van der Waals surface area contributed by atoms with E-state index in [4.69, 9.17) is 9.47 Å². The molecule has 0 saturated carbocycles. The van der Waals surface area contributed by atoms with Crippen LogP contribution in [0.5, 0.6) is 5.75 Å². The SMILES string of the molecule is CCC(=O)c1ccccc1OC1CCOCC1. The Morgan fingerprint density at radius 2 is 2.06 bits per heavy atom. The summed E-state index contributed by atoms with van der Waals surface area (Å²) in [7, 11) is 0. The lowest BCUT2D eigenvalue weighted by Gasteiger charge is -2.24. The lowest BCUT2D eigenvalue weighted by Crippen LogP contribution is -2.26. The zero-order chi connectivity index (χ0) is 12.1. The second-order valence-electron chi connectivity index (χ2n) is 4.20. The van der Waals surface area contributed by atoms with Crippen molar-refractivity contribution in [1.29, 1.82) is 0 Å². The second-order valence-corrected chi connectivity index (χ2v) is 4.20. The molecule has 0 unspecified atom stereocenters. The second kappa shape index (κ2) is 5.82. The van der Waals surface area contributed by atoms with Gasteiger partial charge >= 0.3 is 0 Å². The van der Waals surface area contributed by atoms with Gasteiger partial charge in [0.2, 0.25) is 0 Å². The summed E-state index contributed by atoms with van der Waals surface area (Å²) in [6.45, 7) is 3.36. The van der Waals surface area contributed by atoms with Gasteiger partial charge in [-0.2, -0.15) is 0 Å². The normalized spacial score (nSPS) is 16.8. The highest BCUT2D eigenvalue weighted by molar-refractivity contribution is 5.98. The first-order valence-electron chi connectivity index (χ1n) is 6.18. The fraction of sp³-hybridized carbons (Fsp3) is 0.500. The fourth-order valence-corrected chi connectivity index (χ4v) is 1.96. The zero-order valence-corrected chi connectivity index (χ0v) is 10.1. The maximum absolute atomic E-state index is 11.8. The minimum absolute atomic E-state index is 0.132.